The maximum Gasteiger partial charge on any atom is 0.330 e. The molecule has 0 radical (unpaired) electrons. The summed E-state index contributed by atoms with van der Waals surface area (Å²) in [5.74, 6) is 0. The number of aliphatic hydroxyl groups is 1. The second-order valence-corrected chi connectivity index (χ2v) is 6.95. The Morgan fingerprint density at radius 2 is 1.96 bits per heavy atom. The fourth-order valence-electron chi connectivity index (χ4n) is 2.65. The molecular weight excluding hydrogens is 296 g/mol. The minimum atomic E-state index is -0.670. The van der Waals surface area contributed by atoms with Gasteiger partial charge in [0.1, 0.15) is 0 Å². The summed E-state index contributed by atoms with van der Waals surface area (Å²) in [6.45, 7) is 7.87. The van der Waals surface area contributed by atoms with Crippen molar-refractivity contribution >= 4 is 11.2 Å². The number of fused-ring (bicyclic) bond motifs is 1. The van der Waals surface area contributed by atoms with Crippen LogP contribution in [-0.2, 0) is 6.54 Å². The van der Waals surface area contributed by atoms with Gasteiger partial charge in [0.25, 0.3) is 5.56 Å². The topological polar surface area (TPSA) is 92.9 Å². The Bertz CT molecular complexity index is 777. The summed E-state index contributed by atoms with van der Waals surface area (Å²) in [7, 11) is 0. The Balaban J connectivity index is 2.16. The first-order valence-electron chi connectivity index (χ1n) is 8.13. The van der Waals surface area contributed by atoms with E-state index in [4.69, 9.17) is 0 Å². The molecule has 0 aliphatic heterocycles. The van der Waals surface area contributed by atoms with Crippen LogP contribution >= 0.6 is 0 Å². The van der Waals surface area contributed by atoms with Crippen LogP contribution in [0.2, 0.25) is 0 Å². The van der Waals surface area contributed by atoms with Crippen LogP contribution in [0.1, 0.15) is 59.4 Å². The van der Waals surface area contributed by atoms with E-state index < -0.39 is 11.3 Å². The van der Waals surface area contributed by atoms with Crippen molar-refractivity contribution in [2.45, 2.75) is 71.6 Å². The molecule has 0 atom stereocenters. The number of rotatable bonds is 7. The average molecular weight is 322 g/mol. The number of aromatic nitrogens is 4. The summed E-state index contributed by atoms with van der Waals surface area (Å²) in [5, 5.41) is 9.68. The third kappa shape index (κ3) is 4.10. The summed E-state index contributed by atoms with van der Waals surface area (Å²) >= 11 is 0. The molecule has 2 heterocycles. The summed E-state index contributed by atoms with van der Waals surface area (Å²) in [6, 6.07) is 0.0961. The highest BCUT2D eigenvalue weighted by molar-refractivity contribution is 5.69. The Morgan fingerprint density at radius 3 is 2.57 bits per heavy atom. The number of imidazole rings is 1. The normalized spacial score (nSPS) is 12.4. The number of unbranched alkanes of at least 4 members (excludes halogenated alkanes) is 2. The number of nitrogens with zero attached hydrogens (tertiary/aromatic N) is 3. The van der Waals surface area contributed by atoms with E-state index >= 15 is 0 Å². The van der Waals surface area contributed by atoms with Crippen molar-refractivity contribution in [3.8, 4) is 0 Å². The molecule has 2 aromatic heterocycles. The third-order valence-corrected chi connectivity index (χ3v) is 3.94. The Kier molecular flexibility index (Phi) is 5.09. The lowest BCUT2D eigenvalue weighted by molar-refractivity contribution is 0.0679. The minimum Gasteiger partial charge on any atom is -0.390 e. The molecule has 2 rings (SSSR count). The van der Waals surface area contributed by atoms with Crippen LogP contribution in [0.4, 0.5) is 0 Å². The molecule has 0 spiro atoms. The molecule has 0 aliphatic carbocycles. The molecule has 7 nitrogen and oxygen atoms in total. The molecule has 2 aromatic rings. The van der Waals surface area contributed by atoms with E-state index in [1.807, 2.05) is 13.8 Å². The molecule has 0 aliphatic rings. The van der Waals surface area contributed by atoms with E-state index in [1.165, 1.54) is 4.57 Å². The van der Waals surface area contributed by atoms with Gasteiger partial charge in [-0.15, -0.1) is 0 Å². The molecule has 0 aromatic carbocycles. The van der Waals surface area contributed by atoms with E-state index in [9.17, 15) is 14.7 Å². The van der Waals surface area contributed by atoms with Crippen molar-refractivity contribution in [1.29, 1.82) is 0 Å². The highest BCUT2D eigenvalue weighted by atomic mass is 16.3. The van der Waals surface area contributed by atoms with Crippen molar-refractivity contribution in [2.75, 3.05) is 0 Å². The van der Waals surface area contributed by atoms with Crippen LogP contribution in [0.3, 0.4) is 0 Å². The first kappa shape index (κ1) is 17.5. The van der Waals surface area contributed by atoms with Gasteiger partial charge in [-0.05, 0) is 40.5 Å². The molecule has 0 saturated carbocycles. The van der Waals surface area contributed by atoms with Gasteiger partial charge in [-0.2, -0.15) is 0 Å². The second-order valence-electron chi connectivity index (χ2n) is 6.95. The van der Waals surface area contributed by atoms with Gasteiger partial charge in [-0.3, -0.25) is 14.3 Å². The van der Waals surface area contributed by atoms with E-state index in [-0.39, 0.29) is 11.6 Å². The number of aromatic amines is 1. The summed E-state index contributed by atoms with van der Waals surface area (Å²) < 4.78 is 3.02. The zero-order valence-corrected chi connectivity index (χ0v) is 14.3. The zero-order chi connectivity index (χ0) is 17.2. The summed E-state index contributed by atoms with van der Waals surface area (Å²) in [4.78, 5) is 31.5. The number of hydrogen-bond acceptors (Lipinski definition) is 4. The van der Waals surface area contributed by atoms with Crippen LogP contribution < -0.4 is 11.2 Å². The van der Waals surface area contributed by atoms with Crippen LogP contribution in [0.25, 0.3) is 11.2 Å². The van der Waals surface area contributed by atoms with Crippen LogP contribution in [0.15, 0.2) is 15.9 Å². The summed E-state index contributed by atoms with van der Waals surface area (Å²) in [5.41, 5.74) is -0.601. The van der Waals surface area contributed by atoms with Crippen molar-refractivity contribution in [1.82, 2.24) is 19.1 Å². The molecule has 2 N–H and O–H groups in total. The Hall–Kier alpha value is -1.89. The van der Waals surface area contributed by atoms with Gasteiger partial charge in [0, 0.05) is 12.6 Å². The van der Waals surface area contributed by atoms with Crippen molar-refractivity contribution in [3.63, 3.8) is 0 Å². The first-order valence-corrected chi connectivity index (χ1v) is 8.13. The lowest BCUT2D eigenvalue weighted by atomic mass is 10.0. The molecule has 7 heteroatoms. The largest absolute Gasteiger partial charge is 0.390 e. The van der Waals surface area contributed by atoms with Gasteiger partial charge < -0.3 is 9.67 Å². The maximum atomic E-state index is 12.6. The van der Waals surface area contributed by atoms with Crippen LogP contribution in [-0.4, -0.2) is 29.8 Å². The summed E-state index contributed by atoms with van der Waals surface area (Å²) in [6.07, 6.45) is 4.73. The molecule has 0 bridgehead atoms. The van der Waals surface area contributed by atoms with Crippen molar-refractivity contribution in [3.05, 3.63) is 27.2 Å². The van der Waals surface area contributed by atoms with Gasteiger partial charge >= 0.3 is 5.69 Å². The number of hydrogen-bond donors (Lipinski definition) is 2. The van der Waals surface area contributed by atoms with Gasteiger partial charge in [-0.25, -0.2) is 9.78 Å². The minimum absolute atomic E-state index is 0.0961. The molecule has 0 saturated heterocycles. The van der Waals surface area contributed by atoms with Crippen molar-refractivity contribution in [2.24, 2.45) is 0 Å². The molecular formula is C16H26N4O3. The highest BCUT2D eigenvalue weighted by Crippen LogP contribution is 2.13. The average Bonchev–Trinajstić information content (AvgIpc) is 2.84. The molecule has 23 heavy (non-hydrogen) atoms. The predicted octanol–water partition coefficient (Wildman–Crippen LogP) is 1.80. The predicted molar refractivity (Wildman–Crippen MR) is 89.8 cm³/mol. The Morgan fingerprint density at radius 1 is 1.26 bits per heavy atom. The number of nitrogens with one attached hydrogen (secondary N) is 1. The smallest absolute Gasteiger partial charge is 0.330 e. The second kappa shape index (κ2) is 6.70. The van der Waals surface area contributed by atoms with Crippen molar-refractivity contribution < 1.29 is 5.11 Å². The zero-order valence-electron chi connectivity index (χ0n) is 14.3. The Labute approximate surface area is 135 Å². The first-order chi connectivity index (χ1) is 10.7. The molecule has 128 valence electrons. The van der Waals surface area contributed by atoms with Crippen LogP contribution in [0, 0.1) is 0 Å². The monoisotopic (exact) mass is 322 g/mol. The van der Waals surface area contributed by atoms with E-state index in [2.05, 4.69) is 9.97 Å². The maximum absolute atomic E-state index is 12.6. The fourth-order valence-corrected chi connectivity index (χ4v) is 2.65. The van der Waals surface area contributed by atoms with E-state index in [1.54, 1.807) is 24.7 Å². The lowest BCUT2D eigenvalue weighted by Gasteiger charge is -2.16. The lowest BCUT2D eigenvalue weighted by Crippen LogP contribution is -2.36. The standard InChI is InChI=1S/C16H26N4O3/c1-11(2)20-10-17-13-12(20)14(21)19(15(22)18-13)9-7-5-6-8-16(3,4)23/h10-11,23H,5-9H2,1-4H3,(H,18,22). The van der Waals surface area contributed by atoms with Gasteiger partial charge in [0.15, 0.2) is 11.2 Å². The van der Waals surface area contributed by atoms with Crippen LogP contribution in [0.5, 0.6) is 0 Å². The van der Waals surface area contributed by atoms with Gasteiger partial charge in [-0.1, -0.05) is 12.8 Å². The fraction of sp³-hybridized carbons (Fsp3) is 0.688. The third-order valence-electron chi connectivity index (χ3n) is 3.94. The van der Waals surface area contributed by atoms with Gasteiger partial charge in [0.2, 0.25) is 0 Å². The SMILES string of the molecule is CC(C)n1cnc2[nH]c(=O)n(CCCCCC(C)(C)O)c(=O)c21. The van der Waals surface area contributed by atoms with Gasteiger partial charge in [0.05, 0.1) is 11.9 Å². The molecule has 0 amide bonds. The molecule has 0 fully saturated rings. The quantitative estimate of drug-likeness (QED) is 0.760. The van der Waals surface area contributed by atoms with E-state index in [0.717, 1.165) is 19.3 Å². The van der Waals surface area contributed by atoms with E-state index in [0.29, 0.717) is 24.1 Å². The number of H-pyrrole nitrogens is 1. The molecule has 0 unspecified atom stereocenters. The highest BCUT2D eigenvalue weighted by Gasteiger charge is 2.15.